The lowest BCUT2D eigenvalue weighted by Gasteiger charge is -2.29. The third-order valence-corrected chi connectivity index (χ3v) is 2.55. The highest BCUT2D eigenvalue weighted by atomic mass is 16.3. The van der Waals surface area contributed by atoms with Crippen molar-refractivity contribution in [3.05, 3.63) is 12.2 Å². The Morgan fingerprint density at radius 3 is 2.71 bits per heavy atom. The van der Waals surface area contributed by atoms with Crippen LogP contribution in [0.4, 0.5) is 0 Å². The zero-order chi connectivity index (χ0) is 10.8. The van der Waals surface area contributed by atoms with Crippen LogP contribution in [0.2, 0.25) is 0 Å². The summed E-state index contributed by atoms with van der Waals surface area (Å²) in [6.45, 7) is 6.28. The summed E-state index contributed by atoms with van der Waals surface area (Å²) in [6.07, 6.45) is 1.25. The van der Waals surface area contributed by atoms with Gasteiger partial charge in [0.15, 0.2) is 0 Å². The van der Waals surface area contributed by atoms with E-state index in [4.69, 9.17) is 0 Å². The van der Waals surface area contributed by atoms with E-state index < -0.39 is 6.10 Å². The van der Waals surface area contributed by atoms with Crippen LogP contribution < -0.4 is 5.32 Å². The molecule has 0 bridgehead atoms. The maximum Gasteiger partial charge on any atom is 0.146 e. The molecule has 0 spiro atoms. The minimum absolute atomic E-state index is 0.314. The quantitative estimate of drug-likeness (QED) is 0.718. The number of aryl methyl sites for hydroxylation is 1. The number of hydrogen-bond acceptors (Lipinski definition) is 4. The number of aliphatic hydroxyl groups is 1. The van der Waals surface area contributed by atoms with Gasteiger partial charge in [-0.1, -0.05) is 0 Å². The van der Waals surface area contributed by atoms with E-state index in [-0.39, 0.29) is 5.54 Å². The Morgan fingerprint density at radius 2 is 2.29 bits per heavy atom. The van der Waals surface area contributed by atoms with Gasteiger partial charge in [-0.2, -0.15) is 0 Å². The Balaban J connectivity index is 2.53. The summed E-state index contributed by atoms with van der Waals surface area (Å²) in [5.41, 5.74) is -0.314. The van der Waals surface area contributed by atoms with Gasteiger partial charge in [0.1, 0.15) is 12.2 Å². The number of hydrogen-bond donors (Lipinski definition) is 2. The number of nitrogens with zero attached hydrogens (tertiary/aromatic N) is 3. The Bertz CT molecular complexity index is 293. The topological polar surface area (TPSA) is 63.0 Å². The molecule has 14 heavy (non-hydrogen) atoms. The molecule has 1 atom stereocenters. The van der Waals surface area contributed by atoms with Crippen molar-refractivity contribution in [3.63, 3.8) is 0 Å². The van der Waals surface area contributed by atoms with Crippen molar-refractivity contribution in [1.82, 2.24) is 20.1 Å². The van der Waals surface area contributed by atoms with E-state index in [0.717, 1.165) is 5.82 Å². The first-order chi connectivity index (χ1) is 6.43. The van der Waals surface area contributed by atoms with Crippen molar-refractivity contribution >= 4 is 0 Å². The molecule has 2 N–H and O–H groups in total. The zero-order valence-corrected chi connectivity index (χ0v) is 9.15. The first-order valence-corrected chi connectivity index (χ1v) is 4.69. The molecule has 1 rings (SSSR count). The maximum absolute atomic E-state index is 9.47. The highest BCUT2D eigenvalue weighted by Gasteiger charge is 2.23. The molecule has 80 valence electrons. The largest absolute Gasteiger partial charge is 0.392 e. The van der Waals surface area contributed by atoms with Crippen molar-refractivity contribution in [2.75, 3.05) is 0 Å². The number of nitrogens with one attached hydrogen (secondary N) is 1. The molecule has 1 aromatic heterocycles. The van der Waals surface area contributed by atoms with Crippen LogP contribution in [0.1, 0.15) is 26.6 Å². The van der Waals surface area contributed by atoms with Gasteiger partial charge in [0.2, 0.25) is 0 Å². The average Bonchev–Trinajstić information content (AvgIpc) is 2.47. The number of aromatic nitrogens is 3. The molecule has 0 saturated heterocycles. The molecule has 0 amide bonds. The van der Waals surface area contributed by atoms with Crippen molar-refractivity contribution in [2.24, 2.45) is 7.05 Å². The molecule has 0 aromatic carbocycles. The van der Waals surface area contributed by atoms with E-state index in [1.54, 1.807) is 13.3 Å². The predicted octanol–water partition coefficient (Wildman–Crippen LogP) is 0.0641. The molecule has 0 aliphatic carbocycles. The van der Waals surface area contributed by atoms with Crippen LogP contribution in [0, 0.1) is 0 Å². The first-order valence-electron chi connectivity index (χ1n) is 4.69. The Labute approximate surface area is 84.2 Å². The Morgan fingerprint density at radius 1 is 1.64 bits per heavy atom. The lowest BCUT2D eigenvalue weighted by molar-refractivity contribution is 0.0949. The van der Waals surface area contributed by atoms with Gasteiger partial charge in [-0.05, 0) is 20.8 Å². The Kier molecular flexibility index (Phi) is 3.23. The second kappa shape index (κ2) is 4.06. The van der Waals surface area contributed by atoms with Crippen molar-refractivity contribution in [2.45, 2.75) is 39.0 Å². The standard InChI is InChI=1S/C9H18N4O/c1-7(14)9(2,3)10-5-8-12-11-6-13(8)4/h6-7,10,14H,5H2,1-4H3. The molecule has 5 heteroatoms. The Hall–Kier alpha value is -0.940. The lowest BCUT2D eigenvalue weighted by atomic mass is 9.99. The molecule has 1 aromatic rings. The van der Waals surface area contributed by atoms with Gasteiger partial charge in [0, 0.05) is 12.6 Å². The SMILES string of the molecule is CC(O)C(C)(C)NCc1nncn1C. The van der Waals surface area contributed by atoms with E-state index in [2.05, 4.69) is 15.5 Å². The summed E-state index contributed by atoms with van der Waals surface area (Å²) in [7, 11) is 1.90. The lowest BCUT2D eigenvalue weighted by Crippen LogP contribution is -2.48. The van der Waals surface area contributed by atoms with Crippen LogP contribution in [-0.4, -0.2) is 31.5 Å². The zero-order valence-electron chi connectivity index (χ0n) is 9.15. The van der Waals surface area contributed by atoms with Crippen LogP contribution in [0.15, 0.2) is 6.33 Å². The van der Waals surface area contributed by atoms with Gasteiger partial charge in [-0.25, -0.2) is 0 Å². The normalized spacial score (nSPS) is 14.4. The molecular weight excluding hydrogens is 180 g/mol. The number of aliphatic hydroxyl groups excluding tert-OH is 1. The third kappa shape index (κ3) is 2.52. The van der Waals surface area contributed by atoms with Crippen molar-refractivity contribution in [3.8, 4) is 0 Å². The maximum atomic E-state index is 9.47. The summed E-state index contributed by atoms with van der Waals surface area (Å²) in [5.74, 6) is 0.860. The van der Waals surface area contributed by atoms with Crippen LogP contribution in [-0.2, 0) is 13.6 Å². The number of rotatable bonds is 4. The fraction of sp³-hybridized carbons (Fsp3) is 0.778. The monoisotopic (exact) mass is 198 g/mol. The summed E-state index contributed by atoms with van der Waals surface area (Å²) >= 11 is 0. The third-order valence-electron chi connectivity index (χ3n) is 2.55. The van der Waals surface area contributed by atoms with Crippen molar-refractivity contribution < 1.29 is 5.11 Å². The second-order valence-corrected chi connectivity index (χ2v) is 4.11. The smallest absolute Gasteiger partial charge is 0.146 e. The minimum Gasteiger partial charge on any atom is -0.392 e. The molecule has 0 aliphatic heterocycles. The molecule has 0 aliphatic rings. The average molecular weight is 198 g/mol. The highest BCUT2D eigenvalue weighted by molar-refractivity contribution is 4.89. The summed E-state index contributed by atoms with van der Waals surface area (Å²) in [4.78, 5) is 0. The fourth-order valence-corrected chi connectivity index (χ4v) is 0.922. The van der Waals surface area contributed by atoms with Crippen LogP contribution in [0.25, 0.3) is 0 Å². The minimum atomic E-state index is -0.407. The molecule has 0 radical (unpaired) electrons. The van der Waals surface area contributed by atoms with Crippen molar-refractivity contribution in [1.29, 1.82) is 0 Å². The van der Waals surface area contributed by atoms with Gasteiger partial charge < -0.3 is 15.0 Å². The first kappa shape index (κ1) is 11.1. The van der Waals surface area contributed by atoms with Gasteiger partial charge in [-0.3, -0.25) is 0 Å². The molecule has 0 saturated carbocycles. The van der Waals surface area contributed by atoms with E-state index in [0.29, 0.717) is 6.54 Å². The van der Waals surface area contributed by atoms with Gasteiger partial charge in [-0.15, -0.1) is 10.2 Å². The predicted molar refractivity (Wildman–Crippen MR) is 53.6 cm³/mol. The summed E-state index contributed by atoms with van der Waals surface area (Å²) in [5, 5.41) is 20.4. The molecule has 5 nitrogen and oxygen atoms in total. The molecule has 1 heterocycles. The van der Waals surface area contributed by atoms with Crippen LogP contribution >= 0.6 is 0 Å². The molecular formula is C9H18N4O. The summed E-state index contributed by atoms with van der Waals surface area (Å²) in [6, 6.07) is 0. The van der Waals surface area contributed by atoms with Gasteiger partial charge >= 0.3 is 0 Å². The summed E-state index contributed by atoms with van der Waals surface area (Å²) < 4.78 is 1.85. The van der Waals surface area contributed by atoms with Gasteiger partial charge in [0.25, 0.3) is 0 Å². The highest BCUT2D eigenvalue weighted by Crippen LogP contribution is 2.08. The molecule has 0 fully saturated rings. The second-order valence-electron chi connectivity index (χ2n) is 4.11. The van der Waals surface area contributed by atoms with E-state index in [1.807, 2.05) is 25.5 Å². The fourth-order valence-electron chi connectivity index (χ4n) is 0.922. The van der Waals surface area contributed by atoms with E-state index in [9.17, 15) is 5.11 Å². The molecule has 1 unspecified atom stereocenters. The van der Waals surface area contributed by atoms with Crippen LogP contribution in [0.5, 0.6) is 0 Å². The van der Waals surface area contributed by atoms with Crippen LogP contribution in [0.3, 0.4) is 0 Å². The van der Waals surface area contributed by atoms with E-state index >= 15 is 0 Å². The van der Waals surface area contributed by atoms with E-state index in [1.165, 1.54) is 0 Å². The van der Waals surface area contributed by atoms with Gasteiger partial charge in [0.05, 0.1) is 12.6 Å².